The summed E-state index contributed by atoms with van der Waals surface area (Å²) >= 11 is 0. The zero-order chi connectivity index (χ0) is 23.3. The van der Waals surface area contributed by atoms with Crippen LogP contribution in [0.4, 0.5) is 0 Å². The Balaban J connectivity index is 1.64. The van der Waals surface area contributed by atoms with Gasteiger partial charge in [0.15, 0.2) is 0 Å². The minimum atomic E-state index is -0.323. The number of aromatic nitrogens is 1. The van der Waals surface area contributed by atoms with E-state index in [4.69, 9.17) is 9.47 Å². The van der Waals surface area contributed by atoms with Crippen molar-refractivity contribution in [3.8, 4) is 11.5 Å². The highest BCUT2D eigenvalue weighted by molar-refractivity contribution is 5.69. The Labute approximate surface area is 198 Å². The molecule has 33 heavy (non-hydrogen) atoms. The van der Waals surface area contributed by atoms with Crippen molar-refractivity contribution >= 4 is 5.97 Å². The van der Waals surface area contributed by atoms with E-state index in [9.17, 15) is 4.79 Å². The second-order valence-electron chi connectivity index (χ2n) is 8.39. The molecule has 0 aliphatic heterocycles. The van der Waals surface area contributed by atoms with Crippen molar-refractivity contribution in [1.82, 2.24) is 4.98 Å². The number of benzene rings is 2. The third-order valence-electron chi connectivity index (χ3n) is 5.69. The Kier molecular flexibility index (Phi) is 9.96. The van der Waals surface area contributed by atoms with Crippen LogP contribution in [0.2, 0.25) is 0 Å². The van der Waals surface area contributed by atoms with Crippen LogP contribution in [-0.4, -0.2) is 17.6 Å². The lowest BCUT2D eigenvalue weighted by Crippen LogP contribution is -2.06. The number of rotatable bonds is 13. The van der Waals surface area contributed by atoms with E-state index in [0.29, 0.717) is 5.75 Å². The van der Waals surface area contributed by atoms with E-state index in [1.54, 1.807) is 0 Å². The molecule has 1 aromatic heterocycles. The van der Waals surface area contributed by atoms with Gasteiger partial charge in [0, 0.05) is 13.1 Å². The molecule has 2 aromatic carbocycles. The van der Waals surface area contributed by atoms with Crippen molar-refractivity contribution in [1.29, 1.82) is 0 Å². The summed E-state index contributed by atoms with van der Waals surface area (Å²) in [5, 5.41) is 0. The summed E-state index contributed by atoms with van der Waals surface area (Å²) in [4.78, 5) is 15.8. The molecule has 0 aliphatic carbocycles. The summed E-state index contributed by atoms with van der Waals surface area (Å²) in [7, 11) is 0. The van der Waals surface area contributed by atoms with Crippen LogP contribution in [0.3, 0.4) is 0 Å². The van der Waals surface area contributed by atoms with E-state index in [0.717, 1.165) is 35.6 Å². The first kappa shape index (κ1) is 24.5. The van der Waals surface area contributed by atoms with Crippen molar-refractivity contribution in [2.45, 2.75) is 64.7 Å². The zero-order valence-corrected chi connectivity index (χ0v) is 19.8. The second-order valence-corrected chi connectivity index (χ2v) is 8.39. The average Bonchev–Trinajstić information content (AvgIpc) is 2.83. The summed E-state index contributed by atoms with van der Waals surface area (Å²) < 4.78 is 11.2. The van der Waals surface area contributed by atoms with E-state index in [1.165, 1.54) is 45.4 Å². The predicted octanol–water partition coefficient (Wildman–Crippen LogP) is 7.32. The highest BCUT2D eigenvalue weighted by Crippen LogP contribution is 2.32. The molecule has 1 heterocycles. The molecule has 3 rings (SSSR count). The van der Waals surface area contributed by atoms with Gasteiger partial charge in [0.25, 0.3) is 0 Å². The number of hydrogen-bond acceptors (Lipinski definition) is 4. The first-order valence-electron chi connectivity index (χ1n) is 12.1. The largest absolute Gasteiger partial charge is 0.494 e. The molecular weight excluding hydrogens is 410 g/mol. The summed E-state index contributed by atoms with van der Waals surface area (Å²) in [6, 6.07) is 21.9. The molecule has 0 amide bonds. The van der Waals surface area contributed by atoms with Crippen molar-refractivity contribution in [2.75, 3.05) is 6.61 Å². The third kappa shape index (κ3) is 8.05. The molecule has 0 saturated heterocycles. The summed E-state index contributed by atoms with van der Waals surface area (Å²) in [6.07, 6.45) is 10.8. The molecular formula is C29H35NO3. The Hall–Kier alpha value is -3.14. The van der Waals surface area contributed by atoms with Gasteiger partial charge in [-0.1, -0.05) is 75.8 Å². The standard InChI is InChI=1S/C29H35NO3/c1-3-4-5-6-7-8-11-22-32-26-17-13-24(14-18-26)29(28-12-9-10-21-30-28)25-15-19-27(20-16-25)33-23(2)31/h9-10,12-21,29H,3-8,11,22H2,1-2H3. The number of esters is 1. The van der Waals surface area contributed by atoms with Gasteiger partial charge >= 0.3 is 5.97 Å². The predicted molar refractivity (Wildman–Crippen MR) is 133 cm³/mol. The van der Waals surface area contributed by atoms with Crippen LogP contribution in [0, 0.1) is 0 Å². The van der Waals surface area contributed by atoms with Gasteiger partial charge in [-0.3, -0.25) is 9.78 Å². The van der Waals surface area contributed by atoms with Crippen LogP contribution in [0.25, 0.3) is 0 Å². The first-order valence-corrected chi connectivity index (χ1v) is 12.1. The molecule has 1 atom stereocenters. The Bertz CT molecular complexity index is 952. The topological polar surface area (TPSA) is 48.4 Å². The van der Waals surface area contributed by atoms with E-state index in [-0.39, 0.29) is 11.9 Å². The van der Waals surface area contributed by atoms with Gasteiger partial charge in [-0.25, -0.2) is 0 Å². The fourth-order valence-electron chi connectivity index (χ4n) is 3.98. The van der Waals surface area contributed by atoms with Gasteiger partial charge in [0.2, 0.25) is 0 Å². The smallest absolute Gasteiger partial charge is 0.308 e. The molecule has 174 valence electrons. The Morgan fingerprint density at radius 3 is 1.97 bits per heavy atom. The Morgan fingerprint density at radius 2 is 1.39 bits per heavy atom. The molecule has 4 heteroatoms. The SMILES string of the molecule is CCCCCCCCCOc1ccc(C(c2ccc(OC(C)=O)cc2)c2ccccn2)cc1. The van der Waals surface area contributed by atoms with Crippen molar-refractivity contribution in [2.24, 2.45) is 0 Å². The fraction of sp³-hybridized carbons (Fsp3) is 0.379. The van der Waals surface area contributed by atoms with Crippen LogP contribution in [0.1, 0.15) is 81.5 Å². The molecule has 0 fully saturated rings. The average molecular weight is 446 g/mol. The van der Waals surface area contributed by atoms with Crippen LogP contribution < -0.4 is 9.47 Å². The fourth-order valence-corrected chi connectivity index (χ4v) is 3.98. The minimum Gasteiger partial charge on any atom is -0.494 e. The molecule has 3 aromatic rings. The maximum absolute atomic E-state index is 11.2. The number of nitrogens with zero attached hydrogens (tertiary/aromatic N) is 1. The molecule has 0 spiro atoms. The van der Waals surface area contributed by atoms with Gasteiger partial charge < -0.3 is 9.47 Å². The zero-order valence-electron chi connectivity index (χ0n) is 19.8. The maximum atomic E-state index is 11.2. The van der Waals surface area contributed by atoms with Gasteiger partial charge in [0.05, 0.1) is 18.2 Å². The molecule has 4 nitrogen and oxygen atoms in total. The van der Waals surface area contributed by atoms with Crippen molar-refractivity contribution in [3.63, 3.8) is 0 Å². The van der Waals surface area contributed by atoms with E-state index >= 15 is 0 Å². The lowest BCUT2D eigenvalue weighted by Gasteiger charge is -2.18. The molecule has 0 bridgehead atoms. The molecule has 0 saturated carbocycles. The van der Waals surface area contributed by atoms with Crippen LogP contribution in [0.15, 0.2) is 72.9 Å². The lowest BCUT2D eigenvalue weighted by molar-refractivity contribution is -0.131. The lowest BCUT2D eigenvalue weighted by atomic mass is 9.88. The van der Waals surface area contributed by atoms with Crippen LogP contribution in [-0.2, 0) is 4.79 Å². The maximum Gasteiger partial charge on any atom is 0.308 e. The molecule has 0 radical (unpaired) electrons. The number of ether oxygens (including phenoxy) is 2. The first-order chi connectivity index (χ1) is 16.2. The van der Waals surface area contributed by atoms with Crippen LogP contribution >= 0.6 is 0 Å². The summed E-state index contributed by atoms with van der Waals surface area (Å²) in [5.74, 6) is 1.10. The Morgan fingerprint density at radius 1 is 0.788 bits per heavy atom. The van der Waals surface area contributed by atoms with Gasteiger partial charge in [-0.2, -0.15) is 0 Å². The number of pyridine rings is 1. The second kappa shape index (κ2) is 13.4. The van der Waals surface area contributed by atoms with Crippen LogP contribution in [0.5, 0.6) is 11.5 Å². The van der Waals surface area contributed by atoms with E-state index in [2.05, 4.69) is 24.0 Å². The van der Waals surface area contributed by atoms with E-state index in [1.807, 2.05) is 60.8 Å². The summed E-state index contributed by atoms with van der Waals surface area (Å²) in [6.45, 7) is 4.41. The number of carbonyl (C=O) groups excluding carboxylic acids is 1. The quantitative estimate of drug-likeness (QED) is 0.157. The molecule has 0 N–H and O–H groups in total. The van der Waals surface area contributed by atoms with Crippen molar-refractivity contribution < 1.29 is 14.3 Å². The normalized spacial score (nSPS) is 11.7. The highest BCUT2D eigenvalue weighted by atomic mass is 16.5. The minimum absolute atomic E-state index is 0.0188. The van der Waals surface area contributed by atoms with Gasteiger partial charge in [-0.05, 0) is 53.9 Å². The summed E-state index contributed by atoms with van der Waals surface area (Å²) in [5.41, 5.74) is 3.19. The number of hydrogen-bond donors (Lipinski definition) is 0. The van der Waals surface area contributed by atoms with Crippen molar-refractivity contribution in [3.05, 3.63) is 89.7 Å². The number of carbonyl (C=O) groups is 1. The number of unbranched alkanes of at least 4 members (excludes halogenated alkanes) is 6. The van der Waals surface area contributed by atoms with E-state index < -0.39 is 0 Å². The van der Waals surface area contributed by atoms with Gasteiger partial charge in [-0.15, -0.1) is 0 Å². The highest BCUT2D eigenvalue weighted by Gasteiger charge is 2.18. The molecule has 1 unspecified atom stereocenters. The van der Waals surface area contributed by atoms with Gasteiger partial charge in [0.1, 0.15) is 11.5 Å². The monoisotopic (exact) mass is 445 g/mol. The third-order valence-corrected chi connectivity index (χ3v) is 5.69. The molecule has 0 aliphatic rings.